The zero-order chi connectivity index (χ0) is 61.0. The number of aromatic nitrogens is 6. The minimum Gasteiger partial charge on any atom is -0.478 e. The summed E-state index contributed by atoms with van der Waals surface area (Å²) in [5.74, 6) is -0.358. The molecule has 0 bridgehead atoms. The number of ether oxygens (including phenoxy) is 2. The number of aromatic amines is 2. The number of amides is 4. The lowest BCUT2D eigenvalue weighted by Crippen LogP contribution is -2.36. The smallest absolute Gasteiger partial charge is 0.328 e. The summed E-state index contributed by atoms with van der Waals surface area (Å²) in [6.07, 6.45) is 16.1. The highest BCUT2D eigenvalue weighted by Gasteiger charge is 2.30. The molecular weight excluding hydrogens is 1100 g/mol. The third-order valence-electron chi connectivity index (χ3n) is 14.7. The molecule has 10 rings (SSSR count). The number of benzene rings is 2. The Balaban J connectivity index is 0.000000198. The summed E-state index contributed by atoms with van der Waals surface area (Å²) < 4.78 is 10.7. The molecule has 8 N–H and O–H groups in total. The van der Waals surface area contributed by atoms with Gasteiger partial charge < -0.3 is 41.0 Å². The number of aliphatic carboxylic acids is 2. The molecule has 4 amide bonds. The van der Waals surface area contributed by atoms with Crippen LogP contribution in [0.3, 0.4) is 0 Å². The van der Waals surface area contributed by atoms with Crippen LogP contribution in [0, 0.1) is 11.8 Å². The second-order valence-electron chi connectivity index (χ2n) is 22.1. The summed E-state index contributed by atoms with van der Waals surface area (Å²) in [5.41, 5.74) is 7.76. The van der Waals surface area contributed by atoms with Gasteiger partial charge in [0, 0.05) is 122 Å². The number of H-pyrrole nitrogens is 2. The topological polar surface area (TPSA) is 299 Å². The molecule has 4 aromatic heterocycles. The molecule has 2 saturated heterocycles. The maximum absolute atomic E-state index is 13.3. The highest BCUT2D eigenvalue weighted by Crippen LogP contribution is 2.41. The molecule has 2 saturated carbocycles. The molecule has 86 heavy (non-hydrogen) atoms. The largest absolute Gasteiger partial charge is 0.478 e. The lowest BCUT2D eigenvalue weighted by Gasteiger charge is -2.24. The Kier molecular flexibility index (Phi) is 22.9. The van der Waals surface area contributed by atoms with E-state index >= 15 is 0 Å². The molecule has 4 fully saturated rings. The first-order chi connectivity index (χ1) is 41.5. The number of rotatable bonds is 22. The average Bonchev–Trinajstić information content (AvgIpc) is 3.61. The van der Waals surface area contributed by atoms with Crippen molar-refractivity contribution in [3.05, 3.63) is 156 Å². The molecule has 2 aromatic carbocycles. The normalized spacial score (nSPS) is 16.2. The Morgan fingerprint density at radius 2 is 0.919 bits per heavy atom. The number of carboxylic acids is 2. The third-order valence-corrected chi connectivity index (χ3v) is 14.7. The van der Waals surface area contributed by atoms with Gasteiger partial charge in [0.15, 0.2) is 11.6 Å². The fourth-order valence-electron chi connectivity index (χ4n) is 9.86. The quantitative estimate of drug-likeness (QED) is 0.0294. The van der Waals surface area contributed by atoms with Crippen LogP contribution in [0.2, 0.25) is 0 Å². The van der Waals surface area contributed by atoms with Crippen LogP contribution < -0.4 is 21.3 Å². The van der Waals surface area contributed by atoms with Gasteiger partial charge in [0.2, 0.25) is 23.6 Å². The summed E-state index contributed by atoms with van der Waals surface area (Å²) in [6.45, 7) is 16.1. The van der Waals surface area contributed by atoms with Crippen LogP contribution >= 0.6 is 0 Å². The van der Waals surface area contributed by atoms with Gasteiger partial charge in [0.25, 0.3) is 0 Å². The summed E-state index contributed by atoms with van der Waals surface area (Å²) in [6, 6.07) is 27.3. The van der Waals surface area contributed by atoms with E-state index in [2.05, 4.69) is 61.4 Å². The lowest BCUT2D eigenvalue weighted by molar-refractivity contribution is -0.134. The number of pyridine rings is 2. The Labute approximate surface area is 500 Å². The van der Waals surface area contributed by atoms with E-state index in [0.29, 0.717) is 47.3 Å². The summed E-state index contributed by atoms with van der Waals surface area (Å²) in [7, 11) is 0. The molecule has 2 aliphatic carbocycles. The summed E-state index contributed by atoms with van der Waals surface area (Å²) in [5, 5.41) is 41.9. The van der Waals surface area contributed by atoms with Gasteiger partial charge in [-0.2, -0.15) is 10.2 Å². The molecule has 0 unspecified atom stereocenters. The van der Waals surface area contributed by atoms with Crippen LogP contribution in [0.15, 0.2) is 134 Å². The first-order valence-electron chi connectivity index (χ1n) is 29.1. The number of anilines is 4. The van der Waals surface area contributed by atoms with Crippen molar-refractivity contribution in [1.29, 1.82) is 0 Å². The highest BCUT2D eigenvalue weighted by atomic mass is 16.5. The number of carbonyl (C=O) groups excluding carboxylic acids is 4. The van der Waals surface area contributed by atoms with Crippen molar-refractivity contribution in [2.45, 2.75) is 77.0 Å². The number of carboxylic acid groups (broad SMARTS) is 2. The minimum atomic E-state index is -1.26. The second kappa shape index (κ2) is 31.3. The molecule has 0 spiro atoms. The third kappa shape index (κ3) is 19.8. The Morgan fingerprint density at radius 1 is 0.523 bits per heavy atom. The van der Waals surface area contributed by atoms with Gasteiger partial charge in [-0.25, -0.2) is 19.6 Å². The van der Waals surface area contributed by atoms with E-state index in [1.165, 1.54) is 25.7 Å². The zero-order valence-electron chi connectivity index (χ0n) is 48.9. The molecule has 6 heterocycles. The van der Waals surface area contributed by atoms with Crippen LogP contribution in [0.5, 0.6) is 0 Å². The number of nitrogens with one attached hydrogen (secondary N) is 6. The zero-order valence-corrected chi connectivity index (χ0v) is 48.9. The molecule has 2 aliphatic heterocycles. The van der Waals surface area contributed by atoms with Crippen LogP contribution in [0.4, 0.5) is 23.3 Å². The van der Waals surface area contributed by atoms with Crippen molar-refractivity contribution in [2.75, 3.05) is 87.0 Å². The van der Waals surface area contributed by atoms with Gasteiger partial charge in [0.05, 0.1) is 38.3 Å². The van der Waals surface area contributed by atoms with Crippen molar-refractivity contribution < 1.29 is 48.5 Å². The van der Waals surface area contributed by atoms with E-state index in [0.717, 1.165) is 110 Å². The van der Waals surface area contributed by atoms with Crippen molar-refractivity contribution >= 4 is 58.8 Å². The Bertz CT molecular complexity index is 3110. The summed E-state index contributed by atoms with van der Waals surface area (Å²) >= 11 is 0. The Morgan fingerprint density at radius 3 is 1.26 bits per heavy atom. The van der Waals surface area contributed by atoms with E-state index < -0.39 is 11.9 Å². The monoisotopic (exact) mass is 1170 g/mol. The molecule has 452 valence electrons. The fraction of sp³-hybridized carbons (Fsp3) is 0.375. The van der Waals surface area contributed by atoms with Gasteiger partial charge in [0.1, 0.15) is 11.6 Å². The molecule has 4 aliphatic rings. The van der Waals surface area contributed by atoms with E-state index in [-0.39, 0.29) is 47.3 Å². The molecular formula is C64H76N12O10. The number of carbonyl (C=O) groups is 6. The van der Waals surface area contributed by atoms with Crippen molar-refractivity contribution in [2.24, 2.45) is 11.8 Å². The first-order valence-corrected chi connectivity index (χ1v) is 29.1. The maximum atomic E-state index is 13.3. The molecule has 22 nitrogen and oxygen atoms in total. The first kappa shape index (κ1) is 63.1. The maximum Gasteiger partial charge on any atom is 0.328 e. The van der Waals surface area contributed by atoms with Crippen molar-refractivity contribution in [3.8, 4) is 22.3 Å². The molecule has 2 atom stereocenters. The van der Waals surface area contributed by atoms with Crippen LogP contribution in [-0.4, -0.2) is 152 Å². The standard InChI is InChI=1S/2C30H36N6O3.C4H4O4/c2*1-20(2)29(30(38)33-27-18-25(34-35-27)21-8-9-21)23-6-3-5-22(17-23)24-10-11-26(31-19-24)32-28(37)7-4-12-36-13-15-39-16-14-36;5-3(6)1-2-4(7)8/h2*3-7,10-11,17-21,29H,8-9,12-16H2,1-2H3,(H,31,32,37)(H2,33,34,35,38);1-2H,(H,5,6)(H,7,8)/b2*7-4+;2-1+/t2*29-;/m00./s1. The fourth-order valence-corrected chi connectivity index (χ4v) is 9.86. The van der Waals surface area contributed by atoms with Crippen molar-refractivity contribution in [1.82, 2.24) is 40.2 Å². The predicted molar refractivity (Wildman–Crippen MR) is 327 cm³/mol. The van der Waals surface area contributed by atoms with Gasteiger partial charge in [-0.15, -0.1) is 0 Å². The molecule has 6 aromatic rings. The van der Waals surface area contributed by atoms with E-state index in [1.54, 1.807) is 36.7 Å². The van der Waals surface area contributed by atoms with E-state index in [1.807, 2.05) is 113 Å². The van der Waals surface area contributed by atoms with Crippen LogP contribution in [-0.2, 0) is 38.2 Å². The number of hydrogen-bond acceptors (Lipinski definition) is 14. The van der Waals surface area contributed by atoms with E-state index in [4.69, 9.17) is 19.7 Å². The average molecular weight is 1170 g/mol. The number of nitrogens with zero attached hydrogens (tertiary/aromatic N) is 6. The number of hydrogen-bond donors (Lipinski definition) is 8. The lowest BCUT2D eigenvalue weighted by atomic mass is 9.86. The van der Waals surface area contributed by atoms with Gasteiger partial charge in [-0.05, 0) is 84.0 Å². The van der Waals surface area contributed by atoms with Gasteiger partial charge in [-0.1, -0.05) is 88.4 Å². The van der Waals surface area contributed by atoms with Crippen molar-refractivity contribution in [3.63, 3.8) is 0 Å². The van der Waals surface area contributed by atoms with Crippen LogP contribution in [0.1, 0.15) is 99.6 Å². The predicted octanol–water partition coefficient (Wildman–Crippen LogP) is 8.82. The van der Waals surface area contributed by atoms with Crippen LogP contribution in [0.25, 0.3) is 22.3 Å². The molecule has 22 heteroatoms. The second-order valence-corrected chi connectivity index (χ2v) is 22.1. The SMILES string of the molecule is CC(C)[C@H](C(=O)Nc1cc(C2CC2)[nH]n1)c1cccc(-c2ccc(NC(=O)/C=C/CN3CCOCC3)nc2)c1.CC(C)[C@H](C(=O)Nc1cc(C2CC2)[nH]n1)c1cccc(-c2ccc(NC(=O)/C=C/CN3CCOCC3)nc2)c1.O=C(O)/C=C/C(=O)O. The molecule has 0 radical (unpaired) electrons. The van der Waals surface area contributed by atoms with Gasteiger partial charge >= 0.3 is 11.9 Å². The minimum absolute atomic E-state index is 0.0751. The highest BCUT2D eigenvalue weighted by molar-refractivity contribution is 6.00. The summed E-state index contributed by atoms with van der Waals surface area (Å²) in [4.78, 5) is 83.6. The van der Waals surface area contributed by atoms with Gasteiger partial charge in [-0.3, -0.25) is 39.2 Å². The number of morpholine rings is 2. The van der Waals surface area contributed by atoms with E-state index in [9.17, 15) is 28.8 Å². The Hall–Kier alpha value is -8.96.